The van der Waals surface area contributed by atoms with E-state index in [0.717, 1.165) is 12.8 Å². The fraction of sp³-hybridized carbons (Fsp3) is 0.562. The van der Waals surface area contributed by atoms with Gasteiger partial charge < -0.3 is 20.1 Å². The fourth-order valence-corrected chi connectivity index (χ4v) is 2.58. The van der Waals surface area contributed by atoms with Crippen molar-refractivity contribution in [2.24, 2.45) is 0 Å². The minimum atomic E-state index is -0.410. The number of rotatable bonds is 6. The number of para-hydroxylation sites is 1. The van der Waals surface area contributed by atoms with Gasteiger partial charge in [0.05, 0.1) is 19.2 Å². The van der Waals surface area contributed by atoms with Crippen LogP contribution in [0.2, 0.25) is 0 Å². The van der Waals surface area contributed by atoms with Crippen LogP contribution in [0.25, 0.3) is 0 Å². The van der Waals surface area contributed by atoms with Gasteiger partial charge in [0.1, 0.15) is 6.10 Å². The van der Waals surface area contributed by atoms with Crippen LogP contribution >= 0.6 is 0 Å². The molecule has 2 atom stereocenters. The summed E-state index contributed by atoms with van der Waals surface area (Å²) in [4.78, 5) is 13.8. The third-order valence-corrected chi connectivity index (χ3v) is 3.92. The largest absolute Gasteiger partial charge is 0.486 e. The quantitative estimate of drug-likeness (QED) is 0.846. The van der Waals surface area contributed by atoms with Gasteiger partial charge in [-0.05, 0) is 31.4 Å². The molecule has 1 aliphatic rings. The molecule has 0 unspecified atom stereocenters. The van der Waals surface area contributed by atoms with Gasteiger partial charge in [0.25, 0.3) is 0 Å². The number of likely N-dealkylation sites (tertiary alicyclic amines) is 1. The summed E-state index contributed by atoms with van der Waals surface area (Å²) in [5.74, 6) is -0.217. The lowest BCUT2D eigenvalue weighted by Gasteiger charge is -2.25. The Kier molecular flexibility index (Phi) is 6.00. The second-order valence-corrected chi connectivity index (χ2v) is 5.44. The minimum Gasteiger partial charge on any atom is -0.486 e. The van der Waals surface area contributed by atoms with Gasteiger partial charge in [0, 0.05) is 6.54 Å². The molecule has 1 aliphatic heterocycles. The summed E-state index contributed by atoms with van der Waals surface area (Å²) in [6.45, 7) is 2.86. The summed E-state index contributed by atoms with van der Waals surface area (Å²) in [5, 5.41) is 12.1. The molecule has 2 amide bonds. The lowest BCUT2D eigenvalue weighted by Crippen LogP contribution is -2.46. The Morgan fingerprint density at radius 3 is 3.00 bits per heavy atom. The number of carbonyl (C=O) groups is 1. The van der Waals surface area contributed by atoms with E-state index in [4.69, 9.17) is 4.74 Å². The average molecular weight is 310 g/mol. The predicted molar refractivity (Wildman–Crippen MR) is 81.3 cm³/mol. The molecule has 1 aromatic carbocycles. The van der Waals surface area contributed by atoms with Crippen LogP contribution in [0, 0.1) is 5.82 Å². The number of benzene rings is 1. The zero-order valence-corrected chi connectivity index (χ0v) is 12.8. The number of ether oxygens (including phenoxy) is 1. The molecular formula is C16H23FN2O3. The first-order valence-electron chi connectivity index (χ1n) is 7.72. The highest BCUT2D eigenvalue weighted by Gasteiger charge is 2.28. The van der Waals surface area contributed by atoms with Crippen molar-refractivity contribution in [3.63, 3.8) is 0 Å². The van der Waals surface area contributed by atoms with Crippen LogP contribution in [0.1, 0.15) is 26.2 Å². The Morgan fingerprint density at radius 1 is 1.55 bits per heavy atom. The maximum atomic E-state index is 13.6. The first-order chi connectivity index (χ1) is 10.7. The van der Waals surface area contributed by atoms with Crippen molar-refractivity contribution >= 4 is 6.03 Å². The molecule has 6 heteroatoms. The topological polar surface area (TPSA) is 61.8 Å². The van der Waals surface area contributed by atoms with Crippen molar-refractivity contribution < 1.29 is 19.0 Å². The summed E-state index contributed by atoms with van der Waals surface area (Å²) in [7, 11) is 0. The normalized spacial score (nSPS) is 19.0. The molecule has 2 rings (SSSR count). The van der Waals surface area contributed by atoms with Gasteiger partial charge in [-0.25, -0.2) is 9.18 Å². The number of halogens is 1. The van der Waals surface area contributed by atoms with Crippen molar-refractivity contribution in [1.29, 1.82) is 0 Å². The number of urea groups is 1. The first-order valence-corrected chi connectivity index (χ1v) is 7.72. The minimum absolute atomic E-state index is 0.0175. The van der Waals surface area contributed by atoms with E-state index in [-0.39, 0.29) is 30.5 Å². The van der Waals surface area contributed by atoms with Crippen LogP contribution in [-0.4, -0.2) is 47.9 Å². The zero-order valence-electron chi connectivity index (χ0n) is 12.8. The molecule has 2 N–H and O–H groups in total. The van der Waals surface area contributed by atoms with E-state index in [1.807, 2.05) is 6.92 Å². The number of nitrogens with zero attached hydrogens (tertiary/aromatic N) is 1. The Morgan fingerprint density at radius 2 is 2.32 bits per heavy atom. The Balaban J connectivity index is 1.86. The maximum Gasteiger partial charge on any atom is 0.317 e. The molecule has 0 aliphatic carbocycles. The summed E-state index contributed by atoms with van der Waals surface area (Å²) in [6, 6.07) is 5.92. The standard InChI is InChI=1S/C16H23FN2O3/c1-2-13(22-15-8-4-3-7-14(15)17)10-18-16(21)19-9-5-6-12(19)11-20/h3-4,7-8,12-13,20H,2,5-6,9-11H2,1H3,(H,18,21)/t12-,13-/m1/s1. The molecule has 22 heavy (non-hydrogen) atoms. The summed E-state index contributed by atoms with van der Waals surface area (Å²) in [6.07, 6.45) is 2.09. The number of hydrogen-bond acceptors (Lipinski definition) is 3. The maximum absolute atomic E-state index is 13.6. The van der Waals surface area contributed by atoms with Crippen LogP contribution in [0.3, 0.4) is 0 Å². The molecule has 122 valence electrons. The highest BCUT2D eigenvalue weighted by atomic mass is 19.1. The smallest absolute Gasteiger partial charge is 0.317 e. The number of amides is 2. The van der Waals surface area contributed by atoms with E-state index in [0.29, 0.717) is 19.5 Å². The molecule has 5 nitrogen and oxygen atoms in total. The summed E-state index contributed by atoms with van der Waals surface area (Å²) < 4.78 is 19.2. The van der Waals surface area contributed by atoms with Crippen molar-refractivity contribution in [3.05, 3.63) is 30.1 Å². The molecule has 1 saturated heterocycles. The highest BCUT2D eigenvalue weighted by Crippen LogP contribution is 2.19. The van der Waals surface area contributed by atoms with Gasteiger partial charge in [-0.15, -0.1) is 0 Å². The van der Waals surface area contributed by atoms with E-state index in [9.17, 15) is 14.3 Å². The van der Waals surface area contributed by atoms with E-state index in [1.165, 1.54) is 6.07 Å². The van der Waals surface area contributed by atoms with Gasteiger partial charge >= 0.3 is 6.03 Å². The van der Waals surface area contributed by atoms with Gasteiger partial charge in [-0.2, -0.15) is 0 Å². The lowest BCUT2D eigenvalue weighted by molar-refractivity contribution is 0.147. The van der Waals surface area contributed by atoms with Crippen LogP contribution in [0.5, 0.6) is 5.75 Å². The van der Waals surface area contributed by atoms with Crippen LogP contribution in [0.15, 0.2) is 24.3 Å². The first kappa shape index (κ1) is 16.5. The average Bonchev–Trinajstić information content (AvgIpc) is 3.01. The molecule has 0 spiro atoms. The molecule has 0 aromatic heterocycles. The number of aliphatic hydroxyl groups excluding tert-OH is 1. The number of hydrogen-bond donors (Lipinski definition) is 2. The molecule has 1 heterocycles. The van der Waals surface area contributed by atoms with Crippen molar-refractivity contribution in [2.75, 3.05) is 19.7 Å². The van der Waals surface area contributed by atoms with Crippen molar-refractivity contribution in [3.8, 4) is 5.75 Å². The Labute approximate surface area is 130 Å². The molecule has 1 aromatic rings. The Hall–Kier alpha value is -1.82. The molecule has 0 bridgehead atoms. The van der Waals surface area contributed by atoms with E-state index in [2.05, 4.69) is 5.32 Å². The van der Waals surface area contributed by atoms with Gasteiger partial charge in [-0.3, -0.25) is 0 Å². The summed E-state index contributed by atoms with van der Waals surface area (Å²) >= 11 is 0. The van der Waals surface area contributed by atoms with Crippen molar-refractivity contribution in [2.45, 2.75) is 38.3 Å². The summed E-state index contributed by atoms with van der Waals surface area (Å²) in [5.41, 5.74) is 0. The van der Waals surface area contributed by atoms with Gasteiger partial charge in [-0.1, -0.05) is 19.1 Å². The third kappa shape index (κ3) is 4.10. The number of nitrogens with one attached hydrogen (secondary N) is 1. The zero-order chi connectivity index (χ0) is 15.9. The number of carbonyl (C=O) groups excluding carboxylic acids is 1. The van der Waals surface area contributed by atoms with Gasteiger partial charge in [0.2, 0.25) is 0 Å². The fourth-order valence-electron chi connectivity index (χ4n) is 2.58. The number of aliphatic hydroxyl groups is 1. The second kappa shape index (κ2) is 7.98. The van der Waals surface area contributed by atoms with E-state index < -0.39 is 5.82 Å². The molecule has 1 fully saturated rings. The molecule has 0 radical (unpaired) electrons. The molecular weight excluding hydrogens is 287 g/mol. The monoisotopic (exact) mass is 310 g/mol. The Bertz CT molecular complexity index is 498. The van der Waals surface area contributed by atoms with Crippen LogP contribution in [-0.2, 0) is 0 Å². The van der Waals surface area contributed by atoms with Crippen LogP contribution in [0.4, 0.5) is 9.18 Å². The highest BCUT2D eigenvalue weighted by molar-refractivity contribution is 5.74. The predicted octanol–water partition coefficient (Wildman–Crippen LogP) is 2.15. The van der Waals surface area contributed by atoms with E-state index >= 15 is 0 Å². The SMILES string of the molecule is CC[C@H](CNC(=O)N1CCC[C@@H]1CO)Oc1ccccc1F. The molecule has 0 saturated carbocycles. The lowest BCUT2D eigenvalue weighted by atomic mass is 10.2. The third-order valence-electron chi connectivity index (χ3n) is 3.92. The van der Waals surface area contributed by atoms with Gasteiger partial charge in [0.15, 0.2) is 11.6 Å². The second-order valence-electron chi connectivity index (χ2n) is 5.44. The van der Waals surface area contributed by atoms with Crippen molar-refractivity contribution in [1.82, 2.24) is 10.2 Å². The van der Waals surface area contributed by atoms with Crippen LogP contribution < -0.4 is 10.1 Å². The van der Waals surface area contributed by atoms with E-state index in [1.54, 1.807) is 23.1 Å².